The summed E-state index contributed by atoms with van der Waals surface area (Å²) in [6.07, 6.45) is 2.41. The number of hydrogen-bond donors (Lipinski definition) is 3. The van der Waals surface area contributed by atoms with Gasteiger partial charge in [-0.05, 0) is 42.5 Å². The molecule has 1 atom stereocenters. The number of nitrogens with one attached hydrogen (secondary N) is 2. The van der Waals surface area contributed by atoms with Gasteiger partial charge in [0.1, 0.15) is 5.75 Å². The fraction of sp³-hybridized carbons (Fsp3) is 0.500. The molecule has 0 spiro atoms. The summed E-state index contributed by atoms with van der Waals surface area (Å²) in [6.45, 7) is -2.78. The summed E-state index contributed by atoms with van der Waals surface area (Å²) in [5, 5.41) is 14.0. The average molecular weight is 300 g/mol. The highest BCUT2D eigenvalue weighted by molar-refractivity contribution is 5.74. The maximum Gasteiger partial charge on any atom is 0.387 e. The van der Waals surface area contributed by atoms with Crippen molar-refractivity contribution < 1.29 is 23.4 Å². The van der Waals surface area contributed by atoms with Crippen molar-refractivity contribution in [2.75, 3.05) is 13.2 Å². The van der Waals surface area contributed by atoms with E-state index in [2.05, 4.69) is 15.4 Å². The van der Waals surface area contributed by atoms with Gasteiger partial charge in [0.15, 0.2) is 0 Å². The third-order valence-electron chi connectivity index (χ3n) is 3.36. The van der Waals surface area contributed by atoms with E-state index in [1.807, 2.05) is 0 Å². The van der Waals surface area contributed by atoms with Crippen molar-refractivity contribution in [3.05, 3.63) is 29.3 Å². The van der Waals surface area contributed by atoms with Crippen LogP contribution in [0.5, 0.6) is 5.75 Å². The topological polar surface area (TPSA) is 70.6 Å². The molecule has 2 amide bonds. The number of ether oxygens (including phenoxy) is 1. The monoisotopic (exact) mass is 300 g/mol. The maximum absolute atomic E-state index is 12.2. The molecule has 21 heavy (non-hydrogen) atoms. The number of carbonyl (C=O) groups excluding carboxylic acids is 1. The van der Waals surface area contributed by atoms with Gasteiger partial charge < -0.3 is 20.5 Å². The number of aliphatic hydroxyl groups is 1. The van der Waals surface area contributed by atoms with Gasteiger partial charge in [0, 0.05) is 6.54 Å². The number of fused-ring (bicyclic) bond motifs is 1. The van der Waals surface area contributed by atoms with Crippen molar-refractivity contribution in [2.24, 2.45) is 0 Å². The predicted molar refractivity (Wildman–Crippen MR) is 72.4 cm³/mol. The van der Waals surface area contributed by atoms with E-state index >= 15 is 0 Å². The van der Waals surface area contributed by atoms with E-state index in [0.717, 1.165) is 30.4 Å². The lowest BCUT2D eigenvalue weighted by Crippen LogP contribution is -2.40. The molecule has 1 aliphatic carbocycles. The number of hydrogen-bond acceptors (Lipinski definition) is 3. The van der Waals surface area contributed by atoms with Crippen LogP contribution in [0.4, 0.5) is 13.6 Å². The average Bonchev–Trinajstić information content (AvgIpc) is 2.44. The molecule has 5 nitrogen and oxygen atoms in total. The predicted octanol–water partition coefficient (Wildman–Crippen LogP) is 1.96. The summed E-state index contributed by atoms with van der Waals surface area (Å²) in [5.74, 6) is 0.133. The van der Waals surface area contributed by atoms with Crippen molar-refractivity contribution in [2.45, 2.75) is 31.9 Å². The van der Waals surface area contributed by atoms with Crippen LogP contribution in [0, 0.1) is 0 Å². The number of benzene rings is 1. The van der Waals surface area contributed by atoms with Crippen LogP contribution in [-0.2, 0) is 6.42 Å². The number of carbonyl (C=O) groups is 1. The zero-order valence-corrected chi connectivity index (χ0v) is 11.4. The Kier molecular flexibility index (Phi) is 5.32. The first-order chi connectivity index (χ1) is 10.1. The Balaban J connectivity index is 2.07. The molecule has 0 aromatic heterocycles. The first-order valence-electron chi connectivity index (χ1n) is 6.83. The Hall–Kier alpha value is -1.89. The SMILES string of the molecule is O=C(NCCO)NC1CCCc2cc(OC(F)F)ccc21. The number of urea groups is 1. The minimum atomic E-state index is -2.84. The third kappa shape index (κ3) is 4.29. The summed E-state index contributed by atoms with van der Waals surface area (Å²) >= 11 is 0. The fourth-order valence-electron chi connectivity index (χ4n) is 2.50. The molecule has 0 saturated heterocycles. The van der Waals surface area contributed by atoms with Crippen LogP contribution in [0.1, 0.15) is 30.0 Å². The van der Waals surface area contributed by atoms with Gasteiger partial charge in [-0.1, -0.05) is 6.07 Å². The molecule has 1 aromatic carbocycles. The van der Waals surface area contributed by atoms with Gasteiger partial charge in [-0.3, -0.25) is 0 Å². The van der Waals surface area contributed by atoms with Crippen molar-refractivity contribution in [3.8, 4) is 5.75 Å². The second-order valence-corrected chi connectivity index (χ2v) is 4.81. The van der Waals surface area contributed by atoms with Gasteiger partial charge in [0.05, 0.1) is 12.6 Å². The molecule has 0 heterocycles. The second-order valence-electron chi connectivity index (χ2n) is 4.81. The number of rotatable bonds is 5. The largest absolute Gasteiger partial charge is 0.435 e. The van der Waals surface area contributed by atoms with Gasteiger partial charge in [0.2, 0.25) is 0 Å². The summed E-state index contributed by atoms with van der Waals surface area (Å²) in [5.41, 5.74) is 1.83. The molecule has 0 fully saturated rings. The molecule has 1 unspecified atom stereocenters. The molecule has 0 bridgehead atoms. The van der Waals surface area contributed by atoms with Crippen LogP contribution < -0.4 is 15.4 Å². The normalized spacial score (nSPS) is 17.2. The minimum Gasteiger partial charge on any atom is -0.435 e. The van der Waals surface area contributed by atoms with E-state index in [4.69, 9.17) is 5.11 Å². The lowest BCUT2D eigenvalue weighted by atomic mass is 9.87. The Morgan fingerprint density at radius 1 is 1.48 bits per heavy atom. The third-order valence-corrected chi connectivity index (χ3v) is 3.36. The van der Waals surface area contributed by atoms with E-state index in [1.165, 1.54) is 6.07 Å². The zero-order chi connectivity index (χ0) is 15.2. The first kappa shape index (κ1) is 15.5. The Morgan fingerprint density at radius 2 is 2.29 bits per heavy atom. The Morgan fingerprint density at radius 3 is 3.00 bits per heavy atom. The van der Waals surface area contributed by atoms with Crippen LogP contribution >= 0.6 is 0 Å². The summed E-state index contributed by atoms with van der Waals surface area (Å²) in [6, 6.07) is 4.28. The van der Waals surface area contributed by atoms with Gasteiger partial charge in [-0.2, -0.15) is 8.78 Å². The van der Waals surface area contributed by atoms with Crippen molar-refractivity contribution in [1.29, 1.82) is 0 Å². The maximum atomic E-state index is 12.2. The molecule has 0 radical (unpaired) electrons. The van der Waals surface area contributed by atoms with Gasteiger partial charge >= 0.3 is 12.6 Å². The zero-order valence-electron chi connectivity index (χ0n) is 11.4. The van der Waals surface area contributed by atoms with Crippen LogP contribution in [0.2, 0.25) is 0 Å². The number of alkyl halides is 2. The van der Waals surface area contributed by atoms with E-state index < -0.39 is 6.61 Å². The highest BCUT2D eigenvalue weighted by Crippen LogP contribution is 2.32. The van der Waals surface area contributed by atoms with Crippen LogP contribution in [0.25, 0.3) is 0 Å². The van der Waals surface area contributed by atoms with E-state index in [0.29, 0.717) is 0 Å². The van der Waals surface area contributed by atoms with Gasteiger partial charge in [0.25, 0.3) is 0 Å². The molecule has 0 saturated carbocycles. The molecule has 7 heteroatoms. The number of halogens is 2. The first-order valence-corrected chi connectivity index (χ1v) is 6.83. The van der Waals surface area contributed by atoms with Gasteiger partial charge in [-0.25, -0.2) is 4.79 Å². The van der Waals surface area contributed by atoms with Crippen molar-refractivity contribution >= 4 is 6.03 Å². The van der Waals surface area contributed by atoms with E-state index in [9.17, 15) is 13.6 Å². The summed E-state index contributed by atoms with van der Waals surface area (Å²) in [4.78, 5) is 11.6. The summed E-state index contributed by atoms with van der Waals surface area (Å²) in [7, 11) is 0. The van der Waals surface area contributed by atoms with Gasteiger partial charge in [-0.15, -0.1) is 0 Å². The smallest absolute Gasteiger partial charge is 0.387 e. The lowest BCUT2D eigenvalue weighted by molar-refractivity contribution is -0.0499. The highest BCUT2D eigenvalue weighted by atomic mass is 19.3. The summed E-state index contributed by atoms with van der Waals surface area (Å²) < 4.78 is 28.8. The second kappa shape index (κ2) is 7.21. The quantitative estimate of drug-likeness (QED) is 0.778. The Labute approximate surface area is 121 Å². The van der Waals surface area contributed by atoms with E-state index in [-0.39, 0.29) is 31.0 Å². The van der Waals surface area contributed by atoms with Crippen molar-refractivity contribution in [1.82, 2.24) is 10.6 Å². The lowest BCUT2D eigenvalue weighted by Gasteiger charge is -2.27. The standard InChI is InChI=1S/C14H18F2N2O3/c15-13(16)21-10-4-5-11-9(8-10)2-1-3-12(11)18-14(20)17-6-7-19/h4-5,8,12-13,19H,1-3,6-7H2,(H2,17,18,20). The van der Waals surface area contributed by atoms with Crippen LogP contribution in [0.3, 0.4) is 0 Å². The van der Waals surface area contributed by atoms with Crippen LogP contribution in [-0.4, -0.2) is 30.9 Å². The number of aryl methyl sites for hydroxylation is 1. The molecular formula is C14H18F2N2O3. The minimum absolute atomic E-state index is 0.122. The molecule has 0 aliphatic heterocycles. The number of aliphatic hydroxyl groups excluding tert-OH is 1. The number of amides is 2. The molecule has 1 aliphatic rings. The van der Waals surface area contributed by atoms with E-state index in [1.54, 1.807) is 12.1 Å². The molecule has 2 rings (SSSR count). The molecule has 1 aromatic rings. The molecule has 3 N–H and O–H groups in total. The van der Waals surface area contributed by atoms with Crippen LogP contribution in [0.15, 0.2) is 18.2 Å². The Bertz CT molecular complexity index is 497. The molecular weight excluding hydrogens is 282 g/mol. The fourth-order valence-corrected chi connectivity index (χ4v) is 2.50. The highest BCUT2D eigenvalue weighted by Gasteiger charge is 2.22. The molecule has 116 valence electrons. The van der Waals surface area contributed by atoms with Crippen molar-refractivity contribution in [3.63, 3.8) is 0 Å².